The molecule has 3 aromatic rings. The Morgan fingerprint density at radius 2 is 2.10 bits per heavy atom. The van der Waals surface area contributed by atoms with Gasteiger partial charge in [0.15, 0.2) is 0 Å². The second kappa shape index (κ2) is 5.66. The number of amides is 1. The summed E-state index contributed by atoms with van der Waals surface area (Å²) in [6.45, 7) is 2.15. The minimum Gasteiger partial charge on any atom is -0.381 e. The summed E-state index contributed by atoms with van der Waals surface area (Å²) in [4.78, 5) is 11.2. The third-order valence-corrected chi connectivity index (χ3v) is 3.25. The van der Waals surface area contributed by atoms with E-state index in [1.807, 2.05) is 42.5 Å². The van der Waals surface area contributed by atoms with Crippen molar-refractivity contribution in [3.63, 3.8) is 0 Å². The van der Waals surface area contributed by atoms with Crippen LogP contribution in [0.4, 0.5) is 11.4 Å². The first-order valence-electron chi connectivity index (χ1n) is 6.75. The highest BCUT2D eigenvalue weighted by Crippen LogP contribution is 2.20. The summed E-state index contributed by atoms with van der Waals surface area (Å²) in [6, 6.07) is 13.8. The summed E-state index contributed by atoms with van der Waals surface area (Å²) in [5, 5.41) is 14.2. The largest absolute Gasteiger partial charge is 0.381 e. The summed E-state index contributed by atoms with van der Waals surface area (Å²) in [6.07, 6.45) is 1.80. The van der Waals surface area contributed by atoms with Crippen LogP contribution in [-0.4, -0.2) is 16.1 Å². The number of carbonyl (C=O) groups is 1. The first-order chi connectivity index (χ1) is 10.2. The number of carbonyl (C=O) groups excluding carboxylic acids is 1. The van der Waals surface area contributed by atoms with Crippen LogP contribution in [0.5, 0.6) is 0 Å². The predicted molar refractivity (Wildman–Crippen MR) is 84.2 cm³/mol. The van der Waals surface area contributed by atoms with Crippen molar-refractivity contribution < 1.29 is 4.79 Å². The van der Waals surface area contributed by atoms with Gasteiger partial charge < -0.3 is 10.6 Å². The van der Waals surface area contributed by atoms with Crippen LogP contribution in [0.25, 0.3) is 10.9 Å². The van der Waals surface area contributed by atoms with E-state index in [0.29, 0.717) is 6.54 Å². The number of fused-ring (bicyclic) bond motifs is 1. The maximum Gasteiger partial charge on any atom is 0.221 e. The summed E-state index contributed by atoms with van der Waals surface area (Å²) in [7, 11) is 0. The molecule has 0 radical (unpaired) electrons. The van der Waals surface area contributed by atoms with Crippen molar-refractivity contribution in [2.75, 3.05) is 10.6 Å². The van der Waals surface area contributed by atoms with E-state index in [-0.39, 0.29) is 5.91 Å². The van der Waals surface area contributed by atoms with Gasteiger partial charge in [-0.05, 0) is 29.8 Å². The molecule has 21 heavy (non-hydrogen) atoms. The second-order valence-electron chi connectivity index (χ2n) is 4.86. The summed E-state index contributed by atoms with van der Waals surface area (Å²) < 4.78 is 0. The number of benzene rings is 2. The Morgan fingerprint density at radius 3 is 2.95 bits per heavy atom. The Morgan fingerprint density at radius 1 is 1.24 bits per heavy atom. The third kappa shape index (κ3) is 3.02. The molecule has 0 fully saturated rings. The number of hydrogen-bond acceptors (Lipinski definition) is 3. The topological polar surface area (TPSA) is 69.8 Å². The van der Waals surface area contributed by atoms with Gasteiger partial charge in [-0.25, -0.2) is 0 Å². The normalized spacial score (nSPS) is 10.5. The van der Waals surface area contributed by atoms with Crippen LogP contribution in [0.15, 0.2) is 48.7 Å². The van der Waals surface area contributed by atoms with Crippen LogP contribution in [0.2, 0.25) is 0 Å². The van der Waals surface area contributed by atoms with Crippen LogP contribution >= 0.6 is 0 Å². The molecule has 106 valence electrons. The number of anilines is 2. The molecule has 1 heterocycles. The van der Waals surface area contributed by atoms with Crippen LogP contribution in [0.1, 0.15) is 12.5 Å². The van der Waals surface area contributed by atoms with Crippen molar-refractivity contribution in [2.24, 2.45) is 0 Å². The van der Waals surface area contributed by atoms with Gasteiger partial charge in [-0.2, -0.15) is 5.10 Å². The molecular formula is C16H16N4O. The maximum absolute atomic E-state index is 11.2. The zero-order valence-electron chi connectivity index (χ0n) is 11.7. The lowest BCUT2D eigenvalue weighted by molar-refractivity contribution is -0.114. The van der Waals surface area contributed by atoms with Gasteiger partial charge in [-0.1, -0.05) is 18.2 Å². The molecule has 0 aliphatic heterocycles. The molecule has 0 atom stereocenters. The van der Waals surface area contributed by atoms with Crippen LogP contribution in [-0.2, 0) is 11.3 Å². The molecule has 1 amide bonds. The summed E-state index contributed by atoms with van der Waals surface area (Å²) in [5.41, 5.74) is 3.87. The molecule has 0 saturated heterocycles. The highest BCUT2D eigenvalue weighted by molar-refractivity contribution is 5.89. The first-order valence-corrected chi connectivity index (χ1v) is 6.75. The molecule has 3 rings (SSSR count). The van der Waals surface area contributed by atoms with E-state index in [2.05, 4.69) is 20.8 Å². The van der Waals surface area contributed by atoms with Gasteiger partial charge in [0.25, 0.3) is 0 Å². The van der Waals surface area contributed by atoms with Crippen molar-refractivity contribution in [1.82, 2.24) is 10.2 Å². The average molecular weight is 280 g/mol. The molecule has 5 heteroatoms. The quantitative estimate of drug-likeness (QED) is 0.687. The summed E-state index contributed by atoms with van der Waals surface area (Å²) >= 11 is 0. The van der Waals surface area contributed by atoms with Gasteiger partial charge in [0, 0.05) is 30.2 Å². The number of aromatic amines is 1. The van der Waals surface area contributed by atoms with Gasteiger partial charge in [0.1, 0.15) is 0 Å². The lowest BCUT2D eigenvalue weighted by atomic mass is 10.1. The number of nitrogens with one attached hydrogen (secondary N) is 3. The minimum atomic E-state index is -0.0682. The molecule has 5 nitrogen and oxygen atoms in total. The number of rotatable bonds is 4. The standard InChI is InChI=1S/C16H16N4O/c1-11(21)19-15-5-3-2-4-12(15)9-17-14-7-6-13-10-18-20-16(13)8-14/h2-8,10,17H,9H2,1H3,(H,18,20)(H,19,21). The molecular weight excluding hydrogens is 264 g/mol. The first kappa shape index (κ1) is 13.2. The fourth-order valence-corrected chi connectivity index (χ4v) is 2.23. The molecule has 0 unspecified atom stereocenters. The molecule has 0 aliphatic carbocycles. The molecule has 1 aromatic heterocycles. The summed E-state index contributed by atoms with van der Waals surface area (Å²) in [5.74, 6) is -0.0682. The van der Waals surface area contributed by atoms with Crippen LogP contribution < -0.4 is 10.6 Å². The van der Waals surface area contributed by atoms with Gasteiger partial charge >= 0.3 is 0 Å². The Hall–Kier alpha value is -2.82. The average Bonchev–Trinajstić information content (AvgIpc) is 2.93. The van der Waals surface area contributed by atoms with Crippen molar-refractivity contribution in [3.05, 3.63) is 54.2 Å². The lowest BCUT2D eigenvalue weighted by Crippen LogP contribution is -2.10. The van der Waals surface area contributed by atoms with Gasteiger partial charge in [0.05, 0.1) is 11.7 Å². The van der Waals surface area contributed by atoms with Gasteiger partial charge in [0.2, 0.25) is 5.91 Å². The fourth-order valence-electron chi connectivity index (χ4n) is 2.23. The van der Waals surface area contributed by atoms with Crippen molar-refractivity contribution >= 4 is 28.2 Å². The SMILES string of the molecule is CC(=O)Nc1ccccc1CNc1ccc2cn[nH]c2c1. The molecule has 0 spiro atoms. The van der Waals surface area contributed by atoms with Gasteiger partial charge in [-0.3, -0.25) is 9.89 Å². The van der Waals surface area contributed by atoms with E-state index in [0.717, 1.165) is 27.8 Å². The highest BCUT2D eigenvalue weighted by atomic mass is 16.1. The number of nitrogens with zero attached hydrogens (tertiary/aromatic N) is 1. The third-order valence-electron chi connectivity index (χ3n) is 3.25. The van der Waals surface area contributed by atoms with E-state index in [1.54, 1.807) is 6.20 Å². The Bertz CT molecular complexity index is 779. The fraction of sp³-hybridized carbons (Fsp3) is 0.125. The van der Waals surface area contributed by atoms with E-state index in [1.165, 1.54) is 6.92 Å². The van der Waals surface area contributed by atoms with Crippen LogP contribution in [0.3, 0.4) is 0 Å². The molecule has 0 saturated carbocycles. The van der Waals surface area contributed by atoms with Crippen molar-refractivity contribution in [3.8, 4) is 0 Å². The Kier molecular flexibility index (Phi) is 3.55. The minimum absolute atomic E-state index is 0.0682. The number of hydrogen-bond donors (Lipinski definition) is 3. The number of aromatic nitrogens is 2. The van der Waals surface area contributed by atoms with E-state index in [4.69, 9.17) is 0 Å². The predicted octanol–water partition coefficient (Wildman–Crippen LogP) is 3.13. The highest BCUT2D eigenvalue weighted by Gasteiger charge is 2.04. The molecule has 2 aromatic carbocycles. The number of H-pyrrole nitrogens is 1. The number of para-hydroxylation sites is 1. The van der Waals surface area contributed by atoms with Crippen molar-refractivity contribution in [2.45, 2.75) is 13.5 Å². The van der Waals surface area contributed by atoms with E-state index in [9.17, 15) is 4.79 Å². The lowest BCUT2D eigenvalue weighted by Gasteiger charge is -2.11. The smallest absolute Gasteiger partial charge is 0.221 e. The second-order valence-corrected chi connectivity index (χ2v) is 4.86. The van der Waals surface area contributed by atoms with E-state index < -0.39 is 0 Å². The molecule has 3 N–H and O–H groups in total. The molecule has 0 aliphatic rings. The van der Waals surface area contributed by atoms with Gasteiger partial charge in [-0.15, -0.1) is 0 Å². The zero-order chi connectivity index (χ0) is 14.7. The molecule has 0 bridgehead atoms. The maximum atomic E-state index is 11.2. The monoisotopic (exact) mass is 280 g/mol. The zero-order valence-corrected chi connectivity index (χ0v) is 11.7. The Labute approximate surface area is 122 Å². The van der Waals surface area contributed by atoms with Crippen LogP contribution in [0, 0.1) is 0 Å². The van der Waals surface area contributed by atoms with E-state index >= 15 is 0 Å². The van der Waals surface area contributed by atoms with Crippen molar-refractivity contribution in [1.29, 1.82) is 0 Å². The Balaban J connectivity index is 1.76.